The summed E-state index contributed by atoms with van der Waals surface area (Å²) in [6.45, 7) is 0.425. The van der Waals surface area contributed by atoms with Crippen LogP contribution in [0, 0.1) is 11.3 Å². The molecule has 0 aliphatic heterocycles. The van der Waals surface area contributed by atoms with Crippen LogP contribution in [-0.2, 0) is 12.7 Å². The number of benzene rings is 1. The van der Waals surface area contributed by atoms with Crippen LogP contribution >= 0.6 is 0 Å². The zero-order valence-corrected chi connectivity index (χ0v) is 14.9. The maximum atomic E-state index is 13.0. The first-order chi connectivity index (χ1) is 13.9. The topological polar surface area (TPSA) is 95.9 Å². The van der Waals surface area contributed by atoms with Crippen molar-refractivity contribution >= 4 is 5.91 Å². The monoisotopic (exact) mass is 401 g/mol. The van der Waals surface area contributed by atoms with Crippen LogP contribution in [0.5, 0.6) is 0 Å². The smallest absolute Gasteiger partial charge is 0.333 e. The van der Waals surface area contributed by atoms with Crippen molar-refractivity contribution in [2.75, 3.05) is 6.54 Å². The van der Waals surface area contributed by atoms with E-state index in [9.17, 15) is 18.0 Å². The summed E-state index contributed by atoms with van der Waals surface area (Å²) in [6, 6.07) is 11.4. The molecule has 0 bridgehead atoms. The molecule has 148 valence electrons. The normalized spacial score (nSPS) is 11.1. The van der Waals surface area contributed by atoms with E-state index in [2.05, 4.69) is 19.6 Å². The van der Waals surface area contributed by atoms with Crippen molar-refractivity contribution in [3.05, 3.63) is 65.8 Å². The van der Waals surface area contributed by atoms with Gasteiger partial charge in [-0.25, -0.2) is 0 Å². The highest BCUT2D eigenvalue weighted by atomic mass is 19.4. The highest BCUT2D eigenvalue weighted by molar-refractivity contribution is 5.95. The van der Waals surface area contributed by atoms with Crippen LogP contribution in [0.1, 0.15) is 28.2 Å². The highest BCUT2D eigenvalue weighted by Crippen LogP contribution is 2.29. The van der Waals surface area contributed by atoms with Gasteiger partial charge in [0.25, 0.3) is 5.91 Å². The quantitative estimate of drug-likeness (QED) is 0.625. The fraction of sp³-hybridized carbons (Fsp3) is 0.211. The minimum atomic E-state index is -4.75. The van der Waals surface area contributed by atoms with Crippen molar-refractivity contribution in [2.45, 2.75) is 19.1 Å². The van der Waals surface area contributed by atoms with Gasteiger partial charge in [0.15, 0.2) is 0 Å². The Morgan fingerprint density at radius 1 is 1.24 bits per heavy atom. The molecule has 0 N–H and O–H groups in total. The Morgan fingerprint density at radius 3 is 2.72 bits per heavy atom. The van der Waals surface area contributed by atoms with Crippen molar-refractivity contribution < 1.29 is 22.5 Å². The summed E-state index contributed by atoms with van der Waals surface area (Å²) >= 11 is 0. The van der Waals surface area contributed by atoms with Crippen molar-refractivity contribution in [1.82, 2.24) is 20.0 Å². The molecule has 0 aliphatic carbocycles. The molecule has 0 radical (unpaired) electrons. The first kappa shape index (κ1) is 20.0. The van der Waals surface area contributed by atoms with Gasteiger partial charge < -0.3 is 9.42 Å². The molecule has 0 saturated carbocycles. The van der Waals surface area contributed by atoms with Crippen LogP contribution in [0.4, 0.5) is 13.2 Å². The lowest BCUT2D eigenvalue weighted by molar-refractivity contribution is -0.159. The Morgan fingerprint density at radius 2 is 2.07 bits per heavy atom. The number of halogens is 3. The second-order valence-corrected chi connectivity index (χ2v) is 6.00. The molecule has 0 atom stereocenters. The molecule has 0 aliphatic rings. The van der Waals surface area contributed by atoms with Crippen LogP contribution < -0.4 is 0 Å². The molecular weight excluding hydrogens is 387 g/mol. The predicted molar refractivity (Wildman–Crippen MR) is 93.9 cm³/mol. The SMILES string of the molecule is N#CCCN(Cc1cccnc1)C(=O)c1cccc(-c2noc(C(F)(F)F)n2)c1. The first-order valence-corrected chi connectivity index (χ1v) is 8.45. The average molecular weight is 401 g/mol. The van der Waals surface area contributed by atoms with Gasteiger partial charge in [-0.1, -0.05) is 23.4 Å². The van der Waals surface area contributed by atoms with Gasteiger partial charge in [0.05, 0.1) is 12.5 Å². The second-order valence-electron chi connectivity index (χ2n) is 6.00. The lowest BCUT2D eigenvalue weighted by Gasteiger charge is -2.22. The van der Waals surface area contributed by atoms with Crippen LogP contribution in [0.2, 0.25) is 0 Å². The van der Waals surface area contributed by atoms with Crippen molar-refractivity contribution in [3.63, 3.8) is 0 Å². The molecule has 3 rings (SSSR count). The number of rotatable bonds is 6. The summed E-state index contributed by atoms with van der Waals surface area (Å²) < 4.78 is 42.2. The fourth-order valence-corrected chi connectivity index (χ4v) is 2.58. The molecule has 29 heavy (non-hydrogen) atoms. The maximum Gasteiger partial charge on any atom is 0.471 e. The van der Waals surface area contributed by atoms with Gasteiger partial charge in [0.1, 0.15) is 0 Å². The molecule has 0 spiro atoms. The molecule has 3 aromatic rings. The summed E-state index contributed by atoms with van der Waals surface area (Å²) in [6.07, 6.45) is -1.41. The van der Waals surface area contributed by atoms with E-state index < -0.39 is 12.1 Å². The fourth-order valence-electron chi connectivity index (χ4n) is 2.58. The molecule has 1 aromatic carbocycles. The van der Waals surface area contributed by atoms with E-state index in [0.29, 0.717) is 0 Å². The van der Waals surface area contributed by atoms with E-state index in [4.69, 9.17) is 5.26 Å². The Labute approximate surface area is 163 Å². The highest BCUT2D eigenvalue weighted by Gasteiger charge is 2.38. The molecular formula is C19H14F3N5O2. The van der Waals surface area contributed by atoms with Crippen LogP contribution in [0.3, 0.4) is 0 Å². The third-order valence-electron chi connectivity index (χ3n) is 3.91. The standard InChI is InChI=1S/C19H14F3N5O2/c20-19(21,22)18-25-16(26-29-18)14-5-1-6-15(10-14)17(28)27(9-3-7-23)12-13-4-2-8-24-11-13/h1-2,4-6,8,10-11H,3,9,12H2. The lowest BCUT2D eigenvalue weighted by Crippen LogP contribution is -2.31. The van der Waals surface area contributed by atoms with Crippen LogP contribution in [-0.4, -0.2) is 32.5 Å². The number of nitrogens with zero attached hydrogens (tertiary/aromatic N) is 5. The molecule has 2 aromatic heterocycles. The minimum Gasteiger partial charge on any atom is -0.333 e. The molecule has 7 nitrogen and oxygen atoms in total. The summed E-state index contributed by atoms with van der Waals surface area (Å²) in [5, 5.41) is 12.2. The summed E-state index contributed by atoms with van der Waals surface area (Å²) in [7, 11) is 0. The van der Waals surface area contributed by atoms with Gasteiger partial charge in [-0.15, -0.1) is 0 Å². The van der Waals surface area contributed by atoms with Gasteiger partial charge >= 0.3 is 12.1 Å². The van der Waals surface area contributed by atoms with Gasteiger partial charge in [0.2, 0.25) is 5.82 Å². The van der Waals surface area contributed by atoms with Crippen molar-refractivity contribution in [1.29, 1.82) is 5.26 Å². The number of nitriles is 1. The van der Waals surface area contributed by atoms with E-state index in [-0.39, 0.29) is 42.4 Å². The van der Waals surface area contributed by atoms with E-state index in [1.54, 1.807) is 24.5 Å². The van der Waals surface area contributed by atoms with Gasteiger partial charge in [-0.3, -0.25) is 9.78 Å². The maximum absolute atomic E-state index is 13.0. The van der Waals surface area contributed by atoms with Crippen LogP contribution in [0.25, 0.3) is 11.4 Å². The Bertz CT molecular complexity index is 1030. The predicted octanol–water partition coefficient (Wildman–Crippen LogP) is 3.71. The average Bonchev–Trinajstić information content (AvgIpc) is 3.22. The zero-order valence-electron chi connectivity index (χ0n) is 14.9. The minimum absolute atomic E-state index is 0.130. The van der Waals surface area contributed by atoms with E-state index in [0.717, 1.165) is 5.56 Å². The number of hydrogen-bond donors (Lipinski definition) is 0. The molecule has 0 saturated heterocycles. The van der Waals surface area contributed by atoms with E-state index in [1.165, 1.54) is 29.2 Å². The Balaban J connectivity index is 1.86. The number of aromatic nitrogens is 3. The zero-order chi connectivity index (χ0) is 20.9. The molecule has 0 fully saturated rings. The van der Waals surface area contributed by atoms with Gasteiger partial charge in [-0.05, 0) is 23.8 Å². The Hall–Kier alpha value is -3.74. The van der Waals surface area contributed by atoms with Gasteiger partial charge in [-0.2, -0.15) is 23.4 Å². The van der Waals surface area contributed by atoms with Crippen LogP contribution in [0.15, 0.2) is 53.3 Å². The molecule has 2 heterocycles. The van der Waals surface area contributed by atoms with Crippen molar-refractivity contribution in [3.8, 4) is 17.5 Å². The second kappa shape index (κ2) is 8.52. The first-order valence-electron chi connectivity index (χ1n) is 8.45. The number of amides is 1. The summed E-state index contributed by atoms with van der Waals surface area (Å²) in [5.74, 6) is -2.12. The number of carbonyl (C=O) groups excluding carboxylic acids is 1. The Kier molecular flexibility index (Phi) is 5.87. The lowest BCUT2D eigenvalue weighted by atomic mass is 10.1. The number of alkyl halides is 3. The van der Waals surface area contributed by atoms with E-state index >= 15 is 0 Å². The molecule has 10 heteroatoms. The summed E-state index contributed by atoms with van der Waals surface area (Å²) in [4.78, 5) is 21.8. The number of carbonyl (C=O) groups is 1. The molecule has 0 unspecified atom stereocenters. The largest absolute Gasteiger partial charge is 0.471 e. The number of pyridine rings is 1. The third-order valence-corrected chi connectivity index (χ3v) is 3.91. The van der Waals surface area contributed by atoms with Crippen molar-refractivity contribution in [2.24, 2.45) is 0 Å². The van der Waals surface area contributed by atoms with E-state index in [1.807, 2.05) is 6.07 Å². The van der Waals surface area contributed by atoms with Gasteiger partial charge in [0, 0.05) is 36.6 Å². The molecule has 1 amide bonds. The summed E-state index contributed by atoms with van der Waals surface area (Å²) in [5.41, 5.74) is 1.21. The number of hydrogen-bond acceptors (Lipinski definition) is 6. The third kappa shape index (κ3) is 4.95.